The van der Waals surface area contributed by atoms with Crippen molar-refractivity contribution in [3.63, 3.8) is 0 Å². The molecular formula is C20H24FN7S. The lowest BCUT2D eigenvalue weighted by molar-refractivity contribution is 0.577. The molecule has 7 nitrogen and oxygen atoms in total. The van der Waals surface area contributed by atoms with Gasteiger partial charge >= 0.3 is 0 Å². The van der Waals surface area contributed by atoms with Crippen LogP contribution >= 0.6 is 11.8 Å². The Hall–Kier alpha value is -2.65. The second-order valence-electron chi connectivity index (χ2n) is 7.26. The Labute approximate surface area is 173 Å². The van der Waals surface area contributed by atoms with Gasteiger partial charge in [0.1, 0.15) is 10.9 Å². The molecule has 3 aromatic rings. The Bertz CT molecular complexity index is 1070. The average Bonchev–Trinajstić information content (AvgIpc) is 3.37. The van der Waals surface area contributed by atoms with Crippen molar-refractivity contribution in [2.24, 2.45) is 10.8 Å². The SMILES string of the molecule is Cc1cc(C)n(C(C)C2=NN(c3ccn(Cc4cccc(C)c4F)n3)C(N)S2)n1. The normalized spacial score (nSPS) is 17.7. The zero-order valence-electron chi connectivity index (χ0n) is 16.9. The number of thioether (sulfide) groups is 1. The minimum Gasteiger partial charge on any atom is -0.301 e. The molecule has 4 rings (SSSR count). The number of aryl methyl sites for hydroxylation is 3. The zero-order valence-corrected chi connectivity index (χ0v) is 17.7. The summed E-state index contributed by atoms with van der Waals surface area (Å²) in [5, 5.41) is 16.4. The lowest BCUT2D eigenvalue weighted by atomic mass is 10.1. The van der Waals surface area contributed by atoms with E-state index in [9.17, 15) is 4.39 Å². The molecule has 2 aromatic heterocycles. The van der Waals surface area contributed by atoms with Gasteiger partial charge in [0.15, 0.2) is 11.3 Å². The Kier molecular flexibility index (Phi) is 5.18. The van der Waals surface area contributed by atoms with Crippen LogP contribution in [0.2, 0.25) is 0 Å². The highest BCUT2D eigenvalue weighted by Gasteiger charge is 2.31. The number of halogens is 1. The van der Waals surface area contributed by atoms with E-state index in [0.29, 0.717) is 23.5 Å². The van der Waals surface area contributed by atoms with Crippen LogP contribution in [0.25, 0.3) is 0 Å². The summed E-state index contributed by atoms with van der Waals surface area (Å²) in [7, 11) is 0. The summed E-state index contributed by atoms with van der Waals surface area (Å²) in [6, 6.07) is 9.24. The molecule has 152 valence electrons. The number of aromatic nitrogens is 4. The summed E-state index contributed by atoms with van der Waals surface area (Å²) in [6.45, 7) is 8.17. The van der Waals surface area contributed by atoms with E-state index in [4.69, 9.17) is 10.8 Å². The van der Waals surface area contributed by atoms with E-state index in [1.165, 1.54) is 11.8 Å². The second kappa shape index (κ2) is 7.64. The highest BCUT2D eigenvalue weighted by molar-refractivity contribution is 8.14. The molecule has 1 aliphatic rings. The molecular weight excluding hydrogens is 389 g/mol. The minimum atomic E-state index is -0.372. The fraction of sp³-hybridized carbons (Fsp3) is 0.350. The van der Waals surface area contributed by atoms with Gasteiger partial charge < -0.3 is 5.73 Å². The number of anilines is 1. The molecule has 1 aromatic carbocycles. The van der Waals surface area contributed by atoms with E-state index >= 15 is 0 Å². The summed E-state index contributed by atoms with van der Waals surface area (Å²) in [5.74, 6) is 0.436. The van der Waals surface area contributed by atoms with Crippen LogP contribution in [0.3, 0.4) is 0 Å². The van der Waals surface area contributed by atoms with Gasteiger partial charge in [-0.05, 0) is 39.3 Å². The molecule has 3 heterocycles. The quantitative estimate of drug-likeness (QED) is 0.692. The van der Waals surface area contributed by atoms with Gasteiger partial charge in [-0.3, -0.25) is 9.36 Å². The third kappa shape index (κ3) is 3.79. The highest BCUT2D eigenvalue weighted by Crippen LogP contribution is 2.32. The van der Waals surface area contributed by atoms with Crippen LogP contribution in [0.1, 0.15) is 35.5 Å². The molecule has 9 heteroatoms. The van der Waals surface area contributed by atoms with Gasteiger partial charge in [0, 0.05) is 23.5 Å². The van der Waals surface area contributed by atoms with E-state index in [1.54, 1.807) is 28.7 Å². The Morgan fingerprint density at radius 1 is 1.21 bits per heavy atom. The van der Waals surface area contributed by atoms with E-state index in [2.05, 4.69) is 17.1 Å². The predicted molar refractivity (Wildman–Crippen MR) is 114 cm³/mol. The van der Waals surface area contributed by atoms with Crippen LogP contribution in [0.5, 0.6) is 0 Å². The Morgan fingerprint density at radius 3 is 2.72 bits per heavy atom. The molecule has 0 amide bonds. The van der Waals surface area contributed by atoms with Crippen LogP contribution < -0.4 is 10.7 Å². The maximum Gasteiger partial charge on any atom is 0.173 e. The summed E-state index contributed by atoms with van der Waals surface area (Å²) in [4.78, 5) is 0. The second-order valence-corrected chi connectivity index (χ2v) is 8.40. The topological polar surface area (TPSA) is 77.3 Å². The van der Waals surface area contributed by atoms with E-state index in [0.717, 1.165) is 16.4 Å². The smallest absolute Gasteiger partial charge is 0.173 e. The van der Waals surface area contributed by atoms with Crippen LogP contribution in [-0.2, 0) is 6.54 Å². The monoisotopic (exact) mass is 413 g/mol. The van der Waals surface area contributed by atoms with Crippen LogP contribution in [-0.4, -0.2) is 30.1 Å². The molecule has 1 aliphatic heterocycles. The van der Waals surface area contributed by atoms with Gasteiger partial charge in [0.25, 0.3) is 0 Å². The first-order valence-corrected chi connectivity index (χ1v) is 10.3. The summed E-state index contributed by atoms with van der Waals surface area (Å²) < 4.78 is 17.9. The molecule has 0 saturated carbocycles. The maximum absolute atomic E-state index is 14.3. The van der Waals surface area contributed by atoms with E-state index < -0.39 is 0 Å². The van der Waals surface area contributed by atoms with Gasteiger partial charge in [-0.25, -0.2) is 9.40 Å². The summed E-state index contributed by atoms with van der Waals surface area (Å²) in [5.41, 5.74) is 9.21. The Morgan fingerprint density at radius 2 is 2.00 bits per heavy atom. The molecule has 0 radical (unpaired) electrons. The zero-order chi connectivity index (χ0) is 20.7. The van der Waals surface area contributed by atoms with Crippen LogP contribution in [0.15, 0.2) is 41.6 Å². The van der Waals surface area contributed by atoms with Crippen molar-refractivity contribution in [2.45, 2.75) is 45.8 Å². The molecule has 2 atom stereocenters. The number of hydrogen-bond donors (Lipinski definition) is 1. The van der Waals surface area contributed by atoms with Crippen molar-refractivity contribution < 1.29 is 4.39 Å². The fourth-order valence-corrected chi connectivity index (χ4v) is 4.37. The van der Waals surface area contributed by atoms with Gasteiger partial charge in [-0.1, -0.05) is 30.0 Å². The largest absolute Gasteiger partial charge is 0.301 e. The number of nitrogens with zero attached hydrogens (tertiary/aromatic N) is 6. The van der Waals surface area contributed by atoms with E-state index in [1.807, 2.05) is 42.9 Å². The van der Waals surface area contributed by atoms with Crippen molar-refractivity contribution in [3.8, 4) is 0 Å². The first kappa shape index (κ1) is 19.7. The lowest BCUT2D eigenvalue weighted by Crippen LogP contribution is -2.32. The average molecular weight is 414 g/mol. The van der Waals surface area contributed by atoms with Crippen molar-refractivity contribution in [3.05, 3.63) is 64.9 Å². The highest BCUT2D eigenvalue weighted by atomic mass is 32.2. The maximum atomic E-state index is 14.3. The number of rotatable bonds is 5. The standard InChI is InChI=1S/C20H24FN7S/c1-12-6-5-7-16(18(12)21)11-26-9-8-17(24-26)28-20(22)29-19(25-28)15(4)27-14(3)10-13(2)23-27/h5-10,15,20H,11,22H2,1-4H3. The number of benzene rings is 1. The molecule has 29 heavy (non-hydrogen) atoms. The van der Waals surface area contributed by atoms with Gasteiger partial charge in [0.05, 0.1) is 18.3 Å². The van der Waals surface area contributed by atoms with Gasteiger partial charge in [-0.2, -0.15) is 15.3 Å². The molecule has 0 bridgehead atoms. The number of nitrogens with two attached hydrogens (primary N) is 1. The molecule has 0 aliphatic carbocycles. The molecule has 2 N–H and O–H groups in total. The molecule has 2 unspecified atom stereocenters. The molecule has 0 fully saturated rings. The minimum absolute atomic E-state index is 0.0202. The number of hydrazone groups is 1. The van der Waals surface area contributed by atoms with Crippen molar-refractivity contribution in [2.75, 3.05) is 5.01 Å². The first-order chi connectivity index (χ1) is 13.8. The Balaban J connectivity index is 1.54. The van der Waals surface area contributed by atoms with Gasteiger partial charge in [0.2, 0.25) is 0 Å². The number of hydrogen-bond acceptors (Lipinski definition) is 6. The van der Waals surface area contributed by atoms with Gasteiger partial charge in [-0.15, -0.1) is 0 Å². The predicted octanol–water partition coefficient (Wildman–Crippen LogP) is 3.56. The third-order valence-electron chi connectivity index (χ3n) is 4.92. The van der Waals surface area contributed by atoms with E-state index in [-0.39, 0.29) is 17.4 Å². The van der Waals surface area contributed by atoms with Crippen molar-refractivity contribution in [1.29, 1.82) is 0 Å². The lowest BCUT2D eigenvalue weighted by Gasteiger charge is -2.15. The fourth-order valence-electron chi connectivity index (χ4n) is 3.43. The summed E-state index contributed by atoms with van der Waals surface area (Å²) in [6.07, 6.45) is 1.81. The summed E-state index contributed by atoms with van der Waals surface area (Å²) >= 11 is 1.49. The third-order valence-corrected chi connectivity index (χ3v) is 6.03. The first-order valence-electron chi connectivity index (χ1n) is 9.43. The van der Waals surface area contributed by atoms with Crippen LogP contribution in [0, 0.1) is 26.6 Å². The van der Waals surface area contributed by atoms with Crippen molar-refractivity contribution in [1.82, 2.24) is 19.6 Å². The molecule has 0 spiro atoms. The molecule has 0 saturated heterocycles. The van der Waals surface area contributed by atoms with Crippen LogP contribution in [0.4, 0.5) is 10.2 Å². The van der Waals surface area contributed by atoms with Crippen molar-refractivity contribution >= 4 is 22.6 Å².